The van der Waals surface area contributed by atoms with Gasteiger partial charge in [-0.1, -0.05) is 84.9 Å². The third-order valence-corrected chi connectivity index (χ3v) is 6.61. The van der Waals surface area contributed by atoms with Gasteiger partial charge in [0.2, 0.25) is 0 Å². The Bertz CT molecular complexity index is 1460. The third kappa shape index (κ3) is 3.60. The van der Waals surface area contributed by atoms with E-state index in [0.29, 0.717) is 27.5 Å². The summed E-state index contributed by atoms with van der Waals surface area (Å²) in [7, 11) is -5.92. The lowest BCUT2D eigenvalue weighted by atomic mass is 9.83. The maximum Gasteiger partial charge on any atom is 0.534 e. The van der Waals surface area contributed by atoms with Crippen LogP contribution in [0.5, 0.6) is 11.5 Å². The normalized spacial score (nSPS) is 14.9. The summed E-state index contributed by atoms with van der Waals surface area (Å²) >= 11 is 0. The Morgan fingerprint density at radius 1 is 0.794 bits per heavy atom. The minimum Gasteiger partial charge on any atom is -0.469 e. The number of ether oxygens (including phenoxy) is 1. The van der Waals surface area contributed by atoms with Crippen LogP contribution in [0.15, 0.2) is 97.1 Å². The Morgan fingerprint density at radius 3 is 1.94 bits per heavy atom. The minimum absolute atomic E-state index is 0.0956. The molecule has 0 amide bonds. The van der Waals surface area contributed by atoms with Crippen molar-refractivity contribution in [3.63, 3.8) is 0 Å². The van der Waals surface area contributed by atoms with Crippen LogP contribution in [0, 0.1) is 0 Å². The number of benzene rings is 4. The average Bonchev–Trinajstić information content (AvgIpc) is 2.84. The topological polar surface area (TPSA) is 52.6 Å². The first-order valence-corrected chi connectivity index (χ1v) is 11.7. The molecule has 0 spiro atoms. The standard InChI is InChI=1S/C26H17F3O4S/c27-26(28,29)34(30,31)33-23-17-18-9-7-8-14-21(18)22-15-16-25(32-24(22)23,19-10-3-1-4-11-19)20-12-5-2-6-13-20/h1-17H. The molecule has 1 aliphatic heterocycles. The molecular formula is C26H17F3O4S. The number of hydrogen-bond acceptors (Lipinski definition) is 4. The lowest BCUT2D eigenvalue weighted by Gasteiger charge is -2.37. The lowest BCUT2D eigenvalue weighted by molar-refractivity contribution is -0.0501. The van der Waals surface area contributed by atoms with Gasteiger partial charge in [-0.05, 0) is 29.0 Å². The summed E-state index contributed by atoms with van der Waals surface area (Å²) in [6.45, 7) is 0. The fourth-order valence-electron chi connectivity index (χ4n) is 4.07. The van der Waals surface area contributed by atoms with Crippen LogP contribution in [0.25, 0.3) is 16.8 Å². The molecule has 0 N–H and O–H groups in total. The maximum absolute atomic E-state index is 13.2. The summed E-state index contributed by atoms with van der Waals surface area (Å²) in [6.07, 6.45) is 3.54. The summed E-state index contributed by atoms with van der Waals surface area (Å²) in [6, 6.07) is 26.4. The number of alkyl halides is 3. The third-order valence-electron chi connectivity index (χ3n) is 5.64. The Balaban J connectivity index is 1.77. The molecule has 0 fully saturated rings. The summed E-state index contributed by atoms with van der Waals surface area (Å²) in [5, 5.41) is 1.19. The average molecular weight is 482 g/mol. The molecule has 4 aromatic carbocycles. The van der Waals surface area contributed by atoms with Crippen LogP contribution in [-0.4, -0.2) is 13.9 Å². The van der Waals surface area contributed by atoms with Gasteiger partial charge in [0, 0.05) is 16.7 Å². The highest BCUT2D eigenvalue weighted by Gasteiger charge is 2.49. The van der Waals surface area contributed by atoms with Gasteiger partial charge < -0.3 is 8.92 Å². The van der Waals surface area contributed by atoms with Gasteiger partial charge in [0.15, 0.2) is 17.1 Å². The van der Waals surface area contributed by atoms with Crippen LogP contribution in [0.2, 0.25) is 0 Å². The van der Waals surface area contributed by atoms with Gasteiger partial charge in [0.1, 0.15) is 0 Å². The van der Waals surface area contributed by atoms with E-state index in [1.54, 1.807) is 30.3 Å². The zero-order chi connectivity index (χ0) is 24.0. The van der Waals surface area contributed by atoms with Crippen molar-refractivity contribution in [1.82, 2.24) is 0 Å². The molecule has 4 nitrogen and oxygen atoms in total. The van der Waals surface area contributed by atoms with Crippen molar-refractivity contribution in [2.75, 3.05) is 0 Å². The van der Waals surface area contributed by atoms with Gasteiger partial charge in [-0.3, -0.25) is 0 Å². The van der Waals surface area contributed by atoms with Crippen molar-refractivity contribution in [3.05, 3.63) is 114 Å². The monoisotopic (exact) mass is 482 g/mol. The van der Waals surface area contributed by atoms with Crippen LogP contribution in [0.3, 0.4) is 0 Å². The molecule has 4 aromatic rings. The zero-order valence-electron chi connectivity index (χ0n) is 17.5. The predicted molar refractivity (Wildman–Crippen MR) is 123 cm³/mol. The second-order valence-electron chi connectivity index (χ2n) is 7.72. The van der Waals surface area contributed by atoms with Crippen molar-refractivity contribution in [2.45, 2.75) is 11.1 Å². The fraction of sp³-hybridized carbons (Fsp3) is 0.0769. The molecule has 0 atom stereocenters. The molecule has 5 rings (SSSR count). The fourth-order valence-corrected chi connectivity index (χ4v) is 4.53. The Kier molecular flexibility index (Phi) is 5.13. The highest BCUT2D eigenvalue weighted by atomic mass is 32.2. The van der Waals surface area contributed by atoms with Crippen molar-refractivity contribution >= 4 is 27.0 Å². The van der Waals surface area contributed by atoms with E-state index >= 15 is 0 Å². The largest absolute Gasteiger partial charge is 0.534 e. The highest BCUT2D eigenvalue weighted by molar-refractivity contribution is 7.88. The smallest absolute Gasteiger partial charge is 0.469 e. The van der Waals surface area contributed by atoms with Crippen LogP contribution in [0.1, 0.15) is 16.7 Å². The molecule has 0 saturated heterocycles. The first-order chi connectivity index (χ1) is 16.2. The summed E-state index contributed by atoms with van der Waals surface area (Å²) in [5.74, 6) is -0.631. The number of halogens is 3. The summed E-state index contributed by atoms with van der Waals surface area (Å²) < 4.78 is 74.5. The quantitative estimate of drug-likeness (QED) is 0.249. The molecule has 8 heteroatoms. The molecule has 172 valence electrons. The van der Waals surface area contributed by atoms with Gasteiger partial charge in [-0.15, -0.1) is 0 Å². The van der Waals surface area contributed by atoms with E-state index in [1.807, 2.05) is 66.7 Å². The van der Waals surface area contributed by atoms with Crippen LogP contribution < -0.4 is 8.92 Å². The second kappa shape index (κ2) is 7.92. The van der Waals surface area contributed by atoms with Crippen molar-refractivity contribution in [1.29, 1.82) is 0 Å². The molecular weight excluding hydrogens is 465 g/mol. The highest BCUT2D eigenvalue weighted by Crippen LogP contribution is 2.49. The van der Waals surface area contributed by atoms with E-state index in [1.165, 1.54) is 6.07 Å². The van der Waals surface area contributed by atoms with Gasteiger partial charge in [0.05, 0.1) is 0 Å². The van der Waals surface area contributed by atoms with E-state index < -0.39 is 27.0 Å². The molecule has 0 radical (unpaired) electrons. The van der Waals surface area contributed by atoms with Crippen LogP contribution in [-0.2, 0) is 15.7 Å². The van der Waals surface area contributed by atoms with Crippen LogP contribution in [0.4, 0.5) is 13.2 Å². The molecule has 0 aromatic heterocycles. The van der Waals surface area contributed by atoms with Gasteiger partial charge >= 0.3 is 15.6 Å². The number of hydrogen-bond donors (Lipinski definition) is 0. The molecule has 0 unspecified atom stereocenters. The molecule has 1 aliphatic rings. The molecule has 0 bridgehead atoms. The summed E-state index contributed by atoms with van der Waals surface area (Å²) in [5.41, 5.74) is -4.97. The predicted octanol–water partition coefficient (Wildman–Crippen LogP) is 6.42. The SMILES string of the molecule is O=S(=O)(Oc1cc2ccccc2c2c1OC(c1ccccc1)(c1ccccc1)C=C2)C(F)(F)F. The van der Waals surface area contributed by atoms with E-state index in [-0.39, 0.29) is 5.75 Å². The Labute approximate surface area is 194 Å². The first-order valence-electron chi connectivity index (χ1n) is 10.3. The van der Waals surface area contributed by atoms with Crippen LogP contribution >= 0.6 is 0 Å². The maximum atomic E-state index is 13.2. The molecule has 1 heterocycles. The van der Waals surface area contributed by atoms with Gasteiger partial charge in [0.25, 0.3) is 0 Å². The van der Waals surface area contributed by atoms with E-state index in [2.05, 4.69) is 4.18 Å². The molecule has 0 saturated carbocycles. The second-order valence-corrected chi connectivity index (χ2v) is 9.26. The Hall–Kier alpha value is -3.78. The van der Waals surface area contributed by atoms with Crippen molar-refractivity contribution in [2.24, 2.45) is 0 Å². The number of rotatable bonds is 4. The molecule has 34 heavy (non-hydrogen) atoms. The van der Waals surface area contributed by atoms with Gasteiger partial charge in [-0.2, -0.15) is 21.6 Å². The van der Waals surface area contributed by atoms with E-state index in [0.717, 1.165) is 0 Å². The summed E-state index contributed by atoms with van der Waals surface area (Å²) in [4.78, 5) is 0. The van der Waals surface area contributed by atoms with Gasteiger partial charge in [-0.25, -0.2) is 0 Å². The number of fused-ring (bicyclic) bond motifs is 3. The van der Waals surface area contributed by atoms with Crippen molar-refractivity contribution in [3.8, 4) is 11.5 Å². The van der Waals surface area contributed by atoms with Crippen molar-refractivity contribution < 1.29 is 30.5 Å². The van der Waals surface area contributed by atoms with E-state index in [9.17, 15) is 21.6 Å². The first kappa shape index (κ1) is 22.0. The zero-order valence-corrected chi connectivity index (χ0v) is 18.3. The Morgan fingerprint density at radius 2 is 1.35 bits per heavy atom. The molecule has 0 aliphatic carbocycles. The minimum atomic E-state index is -5.92. The lowest BCUT2D eigenvalue weighted by Crippen LogP contribution is -2.35. The van der Waals surface area contributed by atoms with E-state index in [4.69, 9.17) is 4.74 Å².